The van der Waals surface area contributed by atoms with Crippen LogP contribution in [-0.4, -0.2) is 39.5 Å². The van der Waals surface area contributed by atoms with Gasteiger partial charge in [-0.1, -0.05) is 18.5 Å². The quantitative estimate of drug-likeness (QED) is 0.287. The van der Waals surface area contributed by atoms with Gasteiger partial charge in [-0.2, -0.15) is 5.26 Å². The Morgan fingerprint density at radius 1 is 1.36 bits per heavy atom. The smallest absolute Gasteiger partial charge is 0.348 e. The van der Waals surface area contributed by atoms with Crippen molar-refractivity contribution < 1.29 is 23.7 Å². The molecule has 0 radical (unpaired) electrons. The van der Waals surface area contributed by atoms with E-state index in [1.807, 2.05) is 19.9 Å². The van der Waals surface area contributed by atoms with Crippen molar-refractivity contribution in [3.05, 3.63) is 28.3 Å². The van der Waals surface area contributed by atoms with E-state index in [4.69, 9.17) is 30.5 Å². The Morgan fingerprint density at radius 3 is 2.64 bits per heavy atom. The Kier molecular flexibility index (Phi) is 8.82. The van der Waals surface area contributed by atoms with E-state index >= 15 is 0 Å². The largest absolute Gasteiger partial charge is 0.493 e. The van der Waals surface area contributed by atoms with Crippen LogP contribution < -0.4 is 9.47 Å². The normalized spacial score (nSPS) is 12.2. The molecule has 0 aliphatic heterocycles. The molecule has 0 saturated carbocycles. The second kappa shape index (κ2) is 10.6. The number of hydrogen-bond donors (Lipinski definition) is 0. The Balaban J connectivity index is 3.10. The summed E-state index contributed by atoms with van der Waals surface area (Å²) in [5.74, 6) is 0.121. The first kappa shape index (κ1) is 20.8. The number of benzene rings is 1. The molecule has 0 spiro atoms. The van der Waals surface area contributed by atoms with Gasteiger partial charge in [-0.3, -0.25) is 0 Å². The van der Waals surface area contributed by atoms with Crippen molar-refractivity contribution in [1.29, 1.82) is 5.26 Å². The zero-order chi connectivity index (χ0) is 18.8. The summed E-state index contributed by atoms with van der Waals surface area (Å²) >= 11 is 6.27. The molecule has 0 heterocycles. The lowest BCUT2D eigenvalue weighted by molar-refractivity contribution is -0.139. The molecule has 7 heteroatoms. The number of carbonyl (C=O) groups is 1. The fourth-order valence-electron chi connectivity index (χ4n) is 1.82. The first-order chi connectivity index (χ1) is 12.0. The van der Waals surface area contributed by atoms with Gasteiger partial charge < -0.3 is 18.9 Å². The van der Waals surface area contributed by atoms with E-state index in [0.717, 1.165) is 6.42 Å². The summed E-state index contributed by atoms with van der Waals surface area (Å²) in [5.41, 5.74) is 0.378. The van der Waals surface area contributed by atoms with Gasteiger partial charge in [0.15, 0.2) is 11.5 Å². The Hall–Kier alpha value is -2.23. The zero-order valence-electron chi connectivity index (χ0n) is 14.8. The predicted octanol–water partition coefficient (Wildman–Crippen LogP) is 3.62. The van der Waals surface area contributed by atoms with Crippen LogP contribution in [0.25, 0.3) is 6.08 Å². The van der Waals surface area contributed by atoms with Gasteiger partial charge in [0.1, 0.15) is 18.2 Å². The molecule has 6 nitrogen and oxygen atoms in total. The first-order valence-electron chi connectivity index (χ1n) is 7.78. The molecular formula is C18H22ClNO5. The lowest BCUT2D eigenvalue weighted by atomic mass is 10.1. The molecule has 1 aromatic carbocycles. The van der Waals surface area contributed by atoms with Crippen LogP contribution in [0.4, 0.5) is 0 Å². The first-order valence-corrected chi connectivity index (χ1v) is 8.16. The molecule has 0 aromatic heterocycles. The van der Waals surface area contributed by atoms with Crippen LogP contribution in [0.2, 0.25) is 5.02 Å². The van der Waals surface area contributed by atoms with Crippen LogP contribution in [0.3, 0.4) is 0 Å². The molecule has 0 aliphatic carbocycles. The maximum Gasteiger partial charge on any atom is 0.348 e. The molecular weight excluding hydrogens is 346 g/mol. The van der Waals surface area contributed by atoms with Gasteiger partial charge in [0, 0.05) is 7.11 Å². The van der Waals surface area contributed by atoms with Crippen LogP contribution in [-0.2, 0) is 14.3 Å². The van der Waals surface area contributed by atoms with Gasteiger partial charge in [-0.25, -0.2) is 4.79 Å². The van der Waals surface area contributed by atoms with Crippen molar-refractivity contribution in [2.75, 3.05) is 27.4 Å². The maximum atomic E-state index is 11.9. The highest BCUT2D eigenvalue weighted by atomic mass is 35.5. The molecule has 0 saturated heterocycles. The van der Waals surface area contributed by atoms with Crippen LogP contribution in [0.15, 0.2) is 17.7 Å². The van der Waals surface area contributed by atoms with E-state index < -0.39 is 5.97 Å². The summed E-state index contributed by atoms with van der Waals surface area (Å²) in [6, 6.07) is 5.06. The van der Waals surface area contributed by atoms with Crippen LogP contribution in [0.5, 0.6) is 11.5 Å². The number of hydrogen-bond acceptors (Lipinski definition) is 6. The Bertz CT molecular complexity index is 666. The summed E-state index contributed by atoms with van der Waals surface area (Å²) in [5, 5.41) is 9.51. The summed E-state index contributed by atoms with van der Waals surface area (Å²) in [7, 11) is 2.99. The second-order valence-corrected chi connectivity index (χ2v) is 5.58. The molecule has 0 N–H and O–H groups in total. The van der Waals surface area contributed by atoms with E-state index in [1.54, 1.807) is 12.1 Å². The molecule has 0 bridgehead atoms. The number of halogens is 1. The van der Waals surface area contributed by atoms with E-state index in [0.29, 0.717) is 22.1 Å². The summed E-state index contributed by atoms with van der Waals surface area (Å²) < 4.78 is 20.8. The monoisotopic (exact) mass is 367 g/mol. The molecule has 0 amide bonds. The molecule has 136 valence electrons. The van der Waals surface area contributed by atoms with Crippen LogP contribution in [0.1, 0.15) is 25.8 Å². The fourth-order valence-corrected chi connectivity index (χ4v) is 2.08. The third kappa shape index (κ3) is 6.29. The van der Waals surface area contributed by atoms with Crippen molar-refractivity contribution >= 4 is 23.6 Å². The Labute approximate surface area is 152 Å². The van der Waals surface area contributed by atoms with Crippen molar-refractivity contribution in [3.8, 4) is 17.6 Å². The highest BCUT2D eigenvalue weighted by Gasteiger charge is 2.16. The number of methoxy groups -OCH3 is 2. The minimum atomic E-state index is -0.727. The van der Waals surface area contributed by atoms with E-state index in [1.165, 1.54) is 20.3 Å². The van der Waals surface area contributed by atoms with Gasteiger partial charge in [-0.05, 0) is 37.1 Å². The number of nitrogens with zero attached hydrogens (tertiary/aromatic N) is 1. The molecule has 25 heavy (non-hydrogen) atoms. The lowest BCUT2D eigenvalue weighted by Crippen LogP contribution is -2.11. The van der Waals surface area contributed by atoms with E-state index in [2.05, 4.69) is 0 Å². The third-order valence-corrected chi connectivity index (χ3v) is 3.60. The highest BCUT2D eigenvalue weighted by Crippen LogP contribution is 2.38. The topological polar surface area (TPSA) is 77.8 Å². The van der Waals surface area contributed by atoms with Crippen molar-refractivity contribution in [2.45, 2.75) is 26.4 Å². The average Bonchev–Trinajstić information content (AvgIpc) is 2.61. The number of nitriles is 1. The SMILES string of the molecule is CCC(C)Oc1c(Cl)cc(/C=C(\C#N)C(=O)OCCOC)cc1OC. The minimum Gasteiger partial charge on any atom is -0.493 e. The predicted molar refractivity (Wildman–Crippen MR) is 94.8 cm³/mol. The van der Waals surface area contributed by atoms with Gasteiger partial charge in [0.05, 0.1) is 24.8 Å². The zero-order valence-corrected chi connectivity index (χ0v) is 15.6. The molecule has 1 aromatic rings. The number of rotatable bonds is 9. The summed E-state index contributed by atoms with van der Waals surface area (Å²) in [6.45, 7) is 4.25. The number of carbonyl (C=O) groups excluding carboxylic acids is 1. The molecule has 0 fully saturated rings. The van der Waals surface area contributed by atoms with Gasteiger partial charge >= 0.3 is 5.97 Å². The molecule has 1 atom stereocenters. The van der Waals surface area contributed by atoms with Crippen molar-refractivity contribution in [1.82, 2.24) is 0 Å². The lowest BCUT2D eigenvalue weighted by Gasteiger charge is -2.17. The molecule has 0 aliphatic rings. The van der Waals surface area contributed by atoms with Crippen molar-refractivity contribution in [2.24, 2.45) is 0 Å². The second-order valence-electron chi connectivity index (χ2n) is 5.17. The third-order valence-electron chi connectivity index (χ3n) is 3.32. The van der Waals surface area contributed by atoms with Crippen LogP contribution in [0, 0.1) is 11.3 Å². The summed E-state index contributed by atoms with van der Waals surface area (Å²) in [6.07, 6.45) is 2.17. The van der Waals surface area contributed by atoms with Gasteiger partial charge in [0.25, 0.3) is 0 Å². The standard InChI is InChI=1S/C18H22ClNO5/c1-5-12(2)25-17-15(19)9-13(10-16(17)23-4)8-14(11-20)18(21)24-7-6-22-3/h8-10,12H,5-7H2,1-4H3/b14-8+. The minimum absolute atomic E-state index is 0.0294. The summed E-state index contributed by atoms with van der Waals surface area (Å²) in [4.78, 5) is 11.9. The Morgan fingerprint density at radius 2 is 2.08 bits per heavy atom. The van der Waals surface area contributed by atoms with E-state index in [9.17, 15) is 10.1 Å². The van der Waals surface area contributed by atoms with Crippen molar-refractivity contribution in [3.63, 3.8) is 0 Å². The maximum absolute atomic E-state index is 11.9. The molecule has 1 unspecified atom stereocenters. The molecule has 1 rings (SSSR count). The van der Waals surface area contributed by atoms with Gasteiger partial charge in [-0.15, -0.1) is 0 Å². The average molecular weight is 368 g/mol. The number of ether oxygens (including phenoxy) is 4. The highest BCUT2D eigenvalue weighted by molar-refractivity contribution is 6.32. The van der Waals surface area contributed by atoms with Crippen LogP contribution >= 0.6 is 11.6 Å². The number of esters is 1. The van der Waals surface area contributed by atoms with E-state index in [-0.39, 0.29) is 24.9 Å². The fraction of sp³-hybridized carbons (Fsp3) is 0.444. The van der Waals surface area contributed by atoms with Gasteiger partial charge in [0.2, 0.25) is 0 Å².